The summed E-state index contributed by atoms with van der Waals surface area (Å²) in [6.45, 7) is 6.01. The summed E-state index contributed by atoms with van der Waals surface area (Å²) in [5.74, 6) is -0.553. The summed E-state index contributed by atoms with van der Waals surface area (Å²) in [5.41, 5.74) is 0.412. The lowest BCUT2D eigenvalue weighted by Gasteiger charge is -2.33. The predicted molar refractivity (Wildman–Crippen MR) is 92.3 cm³/mol. The van der Waals surface area contributed by atoms with E-state index in [-0.39, 0.29) is 5.54 Å². The van der Waals surface area contributed by atoms with Crippen molar-refractivity contribution in [1.82, 2.24) is 10.3 Å². The summed E-state index contributed by atoms with van der Waals surface area (Å²) in [6.07, 6.45) is -0.531. The summed E-state index contributed by atoms with van der Waals surface area (Å²) < 4.78 is 0.916. The van der Waals surface area contributed by atoms with Crippen molar-refractivity contribution < 1.29 is 15.0 Å². The molecular formula is C17H24N2O3S. The van der Waals surface area contributed by atoms with Crippen LogP contribution in [0.4, 0.5) is 0 Å². The van der Waals surface area contributed by atoms with E-state index < -0.39 is 18.1 Å². The molecule has 1 aromatic carbocycles. The van der Waals surface area contributed by atoms with Crippen LogP contribution in [-0.2, 0) is 4.79 Å². The van der Waals surface area contributed by atoms with Crippen LogP contribution in [-0.4, -0.2) is 32.7 Å². The first-order valence-electron chi connectivity index (χ1n) is 8.00. The zero-order chi connectivity index (χ0) is 17.0. The Labute approximate surface area is 140 Å². The van der Waals surface area contributed by atoms with Crippen molar-refractivity contribution in [2.45, 2.75) is 57.8 Å². The molecule has 1 heterocycles. The van der Waals surface area contributed by atoms with E-state index in [0.29, 0.717) is 5.01 Å². The van der Waals surface area contributed by atoms with Gasteiger partial charge in [0.05, 0.1) is 10.2 Å². The smallest absolute Gasteiger partial charge is 0.252 e. The molecular weight excluding hydrogens is 312 g/mol. The molecule has 0 fully saturated rings. The first kappa shape index (κ1) is 17.8. The maximum Gasteiger partial charge on any atom is 0.252 e. The van der Waals surface area contributed by atoms with Crippen LogP contribution < -0.4 is 5.32 Å². The molecule has 2 unspecified atom stereocenters. The van der Waals surface area contributed by atoms with Crippen molar-refractivity contribution in [3.05, 3.63) is 29.3 Å². The maximum atomic E-state index is 12.3. The largest absolute Gasteiger partial charge is 0.383 e. The molecule has 126 valence electrons. The van der Waals surface area contributed by atoms with Crippen molar-refractivity contribution in [2.75, 3.05) is 0 Å². The third kappa shape index (κ3) is 3.71. The van der Waals surface area contributed by atoms with Gasteiger partial charge in [0.2, 0.25) is 0 Å². The SMILES string of the molecule is CCC(CC)(CC)NC(=O)C(O)C(O)c1nc2ccccc2s1. The Kier molecular flexibility index (Phi) is 5.73. The molecule has 5 nitrogen and oxygen atoms in total. The zero-order valence-electron chi connectivity index (χ0n) is 13.7. The molecule has 0 saturated heterocycles. The summed E-state index contributed by atoms with van der Waals surface area (Å²) in [6, 6.07) is 7.48. The van der Waals surface area contributed by atoms with Crippen LogP contribution in [0.3, 0.4) is 0 Å². The Balaban J connectivity index is 2.15. The van der Waals surface area contributed by atoms with Crippen LogP contribution in [0.25, 0.3) is 10.2 Å². The Morgan fingerprint density at radius 2 is 1.83 bits per heavy atom. The Morgan fingerprint density at radius 1 is 1.22 bits per heavy atom. The van der Waals surface area contributed by atoms with E-state index in [1.807, 2.05) is 45.0 Å². The number of benzene rings is 1. The molecule has 0 bridgehead atoms. The second-order valence-corrected chi connectivity index (χ2v) is 6.80. The van der Waals surface area contributed by atoms with Crippen LogP contribution in [0.5, 0.6) is 0 Å². The number of amides is 1. The first-order valence-corrected chi connectivity index (χ1v) is 8.81. The van der Waals surface area contributed by atoms with Gasteiger partial charge in [0, 0.05) is 5.54 Å². The van der Waals surface area contributed by atoms with Gasteiger partial charge in [-0.1, -0.05) is 32.9 Å². The highest BCUT2D eigenvalue weighted by molar-refractivity contribution is 7.18. The lowest BCUT2D eigenvalue weighted by molar-refractivity contribution is -0.137. The van der Waals surface area contributed by atoms with Crippen LogP contribution in [0, 0.1) is 0 Å². The Morgan fingerprint density at radius 3 is 2.39 bits per heavy atom. The minimum atomic E-state index is -1.53. The molecule has 2 rings (SSSR count). The van der Waals surface area contributed by atoms with E-state index in [1.165, 1.54) is 11.3 Å². The number of carbonyl (C=O) groups excluding carboxylic acids is 1. The number of aliphatic hydroxyl groups excluding tert-OH is 2. The maximum absolute atomic E-state index is 12.3. The number of aromatic nitrogens is 1. The monoisotopic (exact) mass is 336 g/mol. The topological polar surface area (TPSA) is 82.5 Å². The molecule has 0 aliphatic rings. The van der Waals surface area contributed by atoms with Gasteiger partial charge in [-0.25, -0.2) is 4.98 Å². The lowest BCUT2D eigenvalue weighted by Crippen LogP contribution is -2.51. The van der Waals surface area contributed by atoms with Gasteiger partial charge in [0.1, 0.15) is 11.1 Å². The van der Waals surface area contributed by atoms with E-state index in [0.717, 1.165) is 29.5 Å². The van der Waals surface area contributed by atoms with Gasteiger partial charge < -0.3 is 15.5 Å². The second-order valence-electron chi connectivity index (χ2n) is 5.74. The van der Waals surface area contributed by atoms with E-state index in [9.17, 15) is 15.0 Å². The normalized spacial score (nSPS) is 14.7. The van der Waals surface area contributed by atoms with E-state index in [2.05, 4.69) is 10.3 Å². The minimum absolute atomic E-state index is 0.342. The van der Waals surface area contributed by atoms with Gasteiger partial charge in [-0.15, -0.1) is 11.3 Å². The average molecular weight is 336 g/mol. The highest BCUT2D eigenvalue weighted by Crippen LogP contribution is 2.28. The van der Waals surface area contributed by atoms with Gasteiger partial charge in [-0.05, 0) is 31.4 Å². The summed E-state index contributed by atoms with van der Waals surface area (Å²) in [4.78, 5) is 16.6. The molecule has 1 aromatic heterocycles. The number of thiazole rings is 1. The van der Waals surface area contributed by atoms with Crippen LogP contribution in [0.2, 0.25) is 0 Å². The van der Waals surface area contributed by atoms with E-state index in [4.69, 9.17) is 0 Å². The van der Waals surface area contributed by atoms with Crippen LogP contribution in [0.15, 0.2) is 24.3 Å². The molecule has 3 N–H and O–H groups in total. The summed E-state index contributed by atoms with van der Waals surface area (Å²) in [7, 11) is 0. The van der Waals surface area contributed by atoms with Crippen molar-refractivity contribution in [1.29, 1.82) is 0 Å². The fraction of sp³-hybridized carbons (Fsp3) is 0.529. The number of para-hydroxylation sites is 1. The highest BCUT2D eigenvalue weighted by atomic mass is 32.1. The van der Waals surface area contributed by atoms with Gasteiger partial charge in [0.25, 0.3) is 5.91 Å². The van der Waals surface area contributed by atoms with Gasteiger partial charge >= 0.3 is 0 Å². The van der Waals surface area contributed by atoms with Crippen LogP contribution in [0.1, 0.15) is 51.1 Å². The average Bonchev–Trinajstić information content (AvgIpc) is 3.02. The molecule has 1 amide bonds. The van der Waals surface area contributed by atoms with Crippen molar-refractivity contribution >= 4 is 27.5 Å². The number of hydrogen-bond acceptors (Lipinski definition) is 5. The predicted octanol–water partition coefficient (Wildman–Crippen LogP) is 2.78. The lowest BCUT2D eigenvalue weighted by atomic mass is 9.89. The zero-order valence-corrected chi connectivity index (χ0v) is 14.6. The number of fused-ring (bicyclic) bond motifs is 1. The number of nitrogens with one attached hydrogen (secondary N) is 1. The minimum Gasteiger partial charge on any atom is -0.383 e. The van der Waals surface area contributed by atoms with Crippen molar-refractivity contribution in [2.24, 2.45) is 0 Å². The quantitative estimate of drug-likeness (QED) is 0.726. The fourth-order valence-electron chi connectivity index (χ4n) is 2.65. The summed E-state index contributed by atoms with van der Waals surface area (Å²) in [5, 5.41) is 23.8. The third-order valence-corrected chi connectivity index (χ3v) is 5.66. The Bertz CT molecular complexity index is 625. The molecule has 0 aliphatic carbocycles. The van der Waals surface area contributed by atoms with Gasteiger partial charge in [-0.2, -0.15) is 0 Å². The molecule has 0 aliphatic heterocycles. The molecule has 23 heavy (non-hydrogen) atoms. The molecule has 0 radical (unpaired) electrons. The highest BCUT2D eigenvalue weighted by Gasteiger charge is 2.33. The number of carbonyl (C=O) groups is 1. The third-order valence-electron chi connectivity index (χ3n) is 4.55. The molecule has 2 aromatic rings. The standard InChI is InChI=1S/C17H24N2O3S/c1-4-17(5-2,6-3)19-15(22)13(20)14(21)16-18-11-9-7-8-10-12(11)23-16/h7-10,13-14,20-21H,4-6H2,1-3H3,(H,19,22). The summed E-state index contributed by atoms with van der Waals surface area (Å²) >= 11 is 1.29. The molecule has 2 atom stereocenters. The Hall–Kier alpha value is -1.50. The van der Waals surface area contributed by atoms with Crippen molar-refractivity contribution in [3.63, 3.8) is 0 Å². The molecule has 6 heteroatoms. The number of nitrogens with zero attached hydrogens (tertiary/aromatic N) is 1. The van der Waals surface area contributed by atoms with Crippen LogP contribution >= 0.6 is 11.3 Å². The van der Waals surface area contributed by atoms with Crippen molar-refractivity contribution in [3.8, 4) is 0 Å². The first-order chi connectivity index (χ1) is 11.0. The number of rotatable bonds is 7. The fourth-order valence-corrected chi connectivity index (χ4v) is 3.63. The number of aliphatic hydroxyl groups is 2. The molecule has 0 spiro atoms. The second kappa shape index (κ2) is 7.38. The molecule has 0 saturated carbocycles. The van der Waals surface area contributed by atoms with E-state index in [1.54, 1.807) is 0 Å². The number of hydrogen-bond donors (Lipinski definition) is 3. The van der Waals surface area contributed by atoms with E-state index >= 15 is 0 Å². The van der Waals surface area contributed by atoms with Gasteiger partial charge in [-0.3, -0.25) is 4.79 Å². The van der Waals surface area contributed by atoms with Gasteiger partial charge in [0.15, 0.2) is 6.10 Å².